The Balaban J connectivity index is 1.81. The van der Waals surface area contributed by atoms with Crippen LogP contribution < -0.4 is 10.6 Å². The third kappa shape index (κ3) is 3.01. The van der Waals surface area contributed by atoms with Gasteiger partial charge in [0.1, 0.15) is 5.82 Å². The number of hydrogen-bond donors (Lipinski definition) is 2. The zero-order chi connectivity index (χ0) is 14.1. The molecule has 0 bridgehead atoms. The normalized spacial score (nSPS) is 14.2. The SMILES string of the molecule is Cc1cc(NC2CC2)nc(Nc2ccc(F)c(F)c2)n1. The van der Waals surface area contributed by atoms with Gasteiger partial charge in [-0.15, -0.1) is 0 Å². The average Bonchev–Trinajstić information content (AvgIpc) is 3.17. The Morgan fingerprint density at radius 3 is 2.60 bits per heavy atom. The number of benzene rings is 1. The van der Waals surface area contributed by atoms with Crippen LogP contribution in [0.4, 0.5) is 26.2 Å². The van der Waals surface area contributed by atoms with E-state index < -0.39 is 11.6 Å². The Hall–Kier alpha value is -2.24. The highest BCUT2D eigenvalue weighted by atomic mass is 19.2. The summed E-state index contributed by atoms with van der Waals surface area (Å²) >= 11 is 0. The van der Waals surface area contributed by atoms with Gasteiger partial charge in [0, 0.05) is 29.6 Å². The third-order valence-electron chi connectivity index (χ3n) is 2.96. The van der Waals surface area contributed by atoms with Gasteiger partial charge < -0.3 is 10.6 Å². The number of hydrogen-bond acceptors (Lipinski definition) is 4. The lowest BCUT2D eigenvalue weighted by molar-refractivity contribution is 0.509. The lowest BCUT2D eigenvalue weighted by Crippen LogP contribution is -2.07. The zero-order valence-electron chi connectivity index (χ0n) is 11.0. The van der Waals surface area contributed by atoms with E-state index >= 15 is 0 Å². The van der Waals surface area contributed by atoms with Crippen LogP contribution in [0.15, 0.2) is 24.3 Å². The zero-order valence-corrected chi connectivity index (χ0v) is 11.0. The van der Waals surface area contributed by atoms with Crippen molar-refractivity contribution in [2.75, 3.05) is 10.6 Å². The fraction of sp³-hybridized carbons (Fsp3) is 0.286. The maximum Gasteiger partial charge on any atom is 0.229 e. The summed E-state index contributed by atoms with van der Waals surface area (Å²) in [4.78, 5) is 8.54. The van der Waals surface area contributed by atoms with Crippen molar-refractivity contribution in [3.63, 3.8) is 0 Å². The summed E-state index contributed by atoms with van der Waals surface area (Å²) in [6.07, 6.45) is 2.30. The Bertz CT molecular complexity index is 641. The van der Waals surface area contributed by atoms with Gasteiger partial charge in [-0.3, -0.25) is 0 Å². The third-order valence-corrected chi connectivity index (χ3v) is 2.96. The van der Waals surface area contributed by atoms with Crippen LogP contribution in [0.25, 0.3) is 0 Å². The van der Waals surface area contributed by atoms with Gasteiger partial charge in [0.05, 0.1) is 0 Å². The smallest absolute Gasteiger partial charge is 0.229 e. The summed E-state index contributed by atoms with van der Waals surface area (Å²) in [6.45, 7) is 1.86. The van der Waals surface area contributed by atoms with E-state index in [4.69, 9.17) is 0 Å². The van der Waals surface area contributed by atoms with Gasteiger partial charge in [0.15, 0.2) is 11.6 Å². The fourth-order valence-electron chi connectivity index (χ4n) is 1.84. The van der Waals surface area contributed by atoms with Crippen molar-refractivity contribution in [2.24, 2.45) is 0 Å². The first-order valence-electron chi connectivity index (χ1n) is 6.44. The Kier molecular flexibility index (Phi) is 3.22. The maximum atomic E-state index is 13.2. The molecule has 2 N–H and O–H groups in total. The monoisotopic (exact) mass is 276 g/mol. The molecule has 0 atom stereocenters. The largest absolute Gasteiger partial charge is 0.367 e. The van der Waals surface area contributed by atoms with Crippen molar-refractivity contribution in [3.05, 3.63) is 41.6 Å². The molecule has 0 spiro atoms. The molecule has 1 fully saturated rings. The molecule has 4 nitrogen and oxygen atoms in total. The van der Waals surface area contributed by atoms with Crippen molar-refractivity contribution >= 4 is 17.5 Å². The van der Waals surface area contributed by atoms with Crippen LogP contribution in [0, 0.1) is 18.6 Å². The number of anilines is 3. The topological polar surface area (TPSA) is 49.8 Å². The van der Waals surface area contributed by atoms with E-state index in [1.807, 2.05) is 13.0 Å². The van der Waals surface area contributed by atoms with Crippen LogP contribution in [0.2, 0.25) is 0 Å². The van der Waals surface area contributed by atoms with Gasteiger partial charge >= 0.3 is 0 Å². The van der Waals surface area contributed by atoms with Crippen LogP contribution in [0.3, 0.4) is 0 Å². The van der Waals surface area contributed by atoms with Crippen molar-refractivity contribution in [1.29, 1.82) is 0 Å². The van der Waals surface area contributed by atoms with Crippen LogP contribution in [0.5, 0.6) is 0 Å². The molecule has 1 aromatic heterocycles. The van der Waals surface area contributed by atoms with Crippen LogP contribution in [-0.2, 0) is 0 Å². The van der Waals surface area contributed by atoms with Gasteiger partial charge in [-0.2, -0.15) is 4.98 Å². The molecule has 0 saturated heterocycles. The van der Waals surface area contributed by atoms with Crippen molar-refractivity contribution in [2.45, 2.75) is 25.8 Å². The molecule has 3 rings (SSSR count). The summed E-state index contributed by atoms with van der Waals surface area (Å²) < 4.78 is 26.0. The molecule has 1 heterocycles. The number of rotatable bonds is 4. The maximum absolute atomic E-state index is 13.2. The van der Waals surface area contributed by atoms with Crippen molar-refractivity contribution in [3.8, 4) is 0 Å². The quantitative estimate of drug-likeness (QED) is 0.898. The average molecular weight is 276 g/mol. The summed E-state index contributed by atoms with van der Waals surface area (Å²) in [5.74, 6) is -0.681. The molecule has 20 heavy (non-hydrogen) atoms. The second-order valence-corrected chi connectivity index (χ2v) is 4.89. The highest BCUT2D eigenvalue weighted by Gasteiger charge is 2.21. The molecule has 0 unspecified atom stereocenters. The Morgan fingerprint density at radius 1 is 1.10 bits per heavy atom. The first-order chi connectivity index (χ1) is 9.60. The molecule has 0 radical (unpaired) electrons. The molecule has 0 aliphatic heterocycles. The van der Waals surface area contributed by atoms with E-state index in [-0.39, 0.29) is 0 Å². The Morgan fingerprint density at radius 2 is 1.90 bits per heavy atom. The van der Waals surface area contributed by atoms with E-state index in [1.54, 1.807) is 0 Å². The number of nitrogens with zero attached hydrogens (tertiary/aromatic N) is 2. The fourth-order valence-corrected chi connectivity index (χ4v) is 1.84. The second-order valence-electron chi connectivity index (χ2n) is 4.89. The lowest BCUT2D eigenvalue weighted by atomic mass is 10.3. The first-order valence-corrected chi connectivity index (χ1v) is 6.44. The van der Waals surface area contributed by atoms with Gasteiger partial charge in [-0.05, 0) is 31.9 Å². The molecule has 1 saturated carbocycles. The van der Waals surface area contributed by atoms with E-state index in [1.165, 1.54) is 6.07 Å². The van der Waals surface area contributed by atoms with E-state index in [2.05, 4.69) is 20.6 Å². The van der Waals surface area contributed by atoms with E-state index in [0.29, 0.717) is 17.7 Å². The highest BCUT2D eigenvalue weighted by molar-refractivity contribution is 5.55. The van der Waals surface area contributed by atoms with E-state index in [0.717, 1.165) is 36.5 Å². The summed E-state index contributed by atoms with van der Waals surface area (Å²) in [5.41, 5.74) is 1.21. The summed E-state index contributed by atoms with van der Waals surface area (Å²) in [7, 11) is 0. The van der Waals surface area contributed by atoms with Crippen LogP contribution in [-0.4, -0.2) is 16.0 Å². The molecular formula is C14H14F2N4. The van der Waals surface area contributed by atoms with Crippen molar-refractivity contribution in [1.82, 2.24) is 9.97 Å². The number of halogens is 2. The van der Waals surface area contributed by atoms with Gasteiger partial charge in [0.25, 0.3) is 0 Å². The number of nitrogens with one attached hydrogen (secondary N) is 2. The molecule has 6 heteroatoms. The molecule has 104 valence electrons. The van der Waals surface area contributed by atoms with Crippen LogP contribution in [0.1, 0.15) is 18.5 Å². The standard InChI is InChI=1S/C14H14F2N4/c1-8-6-13(18-9-2-3-9)20-14(17-8)19-10-4-5-11(15)12(16)7-10/h4-7,9H,2-3H2,1H3,(H2,17,18,19,20). The number of aryl methyl sites for hydroxylation is 1. The second kappa shape index (κ2) is 5.03. The van der Waals surface area contributed by atoms with Gasteiger partial charge in [-0.1, -0.05) is 0 Å². The first kappa shape index (κ1) is 12.8. The van der Waals surface area contributed by atoms with E-state index in [9.17, 15) is 8.78 Å². The molecule has 1 aliphatic carbocycles. The summed E-state index contributed by atoms with van der Waals surface area (Å²) in [6, 6.07) is 5.93. The van der Waals surface area contributed by atoms with Gasteiger partial charge in [-0.25, -0.2) is 13.8 Å². The van der Waals surface area contributed by atoms with Crippen molar-refractivity contribution < 1.29 is 8.78 Å². The minimum Gasteiger partial charge on any atom is -0.367 e. The lowest BCUT2D eigenvalue weighted by Gasteiger charge is -2.09. The Labute approximate surface area is 115 Å². The molecule has 1 aromatic carbocycles. The highest BCUT2D eigenvalue weighted by Crippen LogP contribution is 2.25. The minimum absolute atomic E-state index is 0.360. The molecule has 1 aliphatic rings. The molecular weight excluding hydrogens is 262 g/mol. The molecule has 2 aromatic rings. The summed E-state index contributed by atoms with van der Waals surface area (Å²) in [5, 5.41) is 6.16. The van der Waals surface area contributed by atoms with Gasteiger partial charge in [0.2, 0.25) is 5.95 Å². The number of aromatic nitrogens is 2. The predicted octanol–water partition coefficient (Wildman–Crippen LogP) is 3.38. The van der Waals surface area contributed by atoms with Crippen LogP contribution >= 0.6 is 0 Å². The minimum atomic E-state index is -0.904. The predicted molar refractivity (Wildman–Crippen MR) is 73.1 cm³/mol. The molecule has 0 amide bonds.